The minimum atomic E-state index is -0.0300. The molecule has 0 aromatic heterocycles. The van der Waals surface area contributed by atoms with E-state index in [1.165, 1.54) is 0 Å². The molecule has 0 bridgehead atoms. The van der Waals surface area contributed by atoms with Gasteiger partial charge in [-0.2, -0.15) is 0 Å². The highest BCUT2D eigenvalue weighted by Crippen LogP contribution is 2.35. The minimum Gasteiger partial charge on any atom is -0.273 e. The summed E-state index contributed by atoms with van der Waals surface area (Å²) in [7, 11) is 0. The smallest absolute Gasteiger partial charge is 0.246 e. The van der Waals surface area contributed by atoms with E-state index in [-0.39, 0.29) is 11.2 Å². The Bertz CT molecular complexity index is 685. The Morgan fingerprint density at radius 2 is 1.70 bits per heavy atom. The molecule has 0 N–H and O–H groups in total. The van der Waals surface area contributed by atoms with Gasteiger partial charge in [-0.05, 0) is 30.7 Å². The number of amidine groups is 1. The number of hydrogen-bond acceptors (Lipinski definition) is 3. The van der Waals surface area contributed by atoms with E-state index in [1.54, 1.807) is 16.7 Å². The number of benzene rings is 2. The topological polar surface area (TPSA) is 32.7 Å². The van der Waals surface area contributed by atoms with Gasteiger partial charge in [0.15, 0.2) is 5.17 Å². The Kier molecular flexibility index (Phi) is 5.13. The number of unbranched alkanes of at least 4 members (excludes halogenated alkanes) is 1. The number of carbonyl (C=O) groups is 1. The number of amides is 1. The largest absolute Gasteiger partial charge is 0.273 e. The maximum atomic E-state index is 12.8. The first-order valence-electron chi connectivity index (χ1n) is 7.99. The standard InChI is InChI=1S/C19H20N2OS/c1-2-3-14-17-18(22)21(16-12-8-5-9-13-16)19(23-17)20-15-10-6-4-7-11-15/h4-13,17H,2-3,14H2,1H3. The fourth-order valence-electron chi connectivity index (χ4n) is 2.54. The molecule has 1 atom stereocenters. The number of nitrogens with zero attached hydrogens (tertiary/aromatic N) is 2. The van der Waals surface area contributed by atoms with Crippen LogP contribution in [0.5, 0.6) is 0 Å². The molecular formula is C19H20N2OS. The van der Waals surface area contributed by atoms with E-state index in [4.69, 9.17) is 4.99 Å². The second-order valence-electron chi connectivity index (χ2n) is 5.49. The molecule has 1 aliphatic heterocycles. The van der Waals surface area contributed by atoms with Crippen LogP contribution in [0.4, 0.5) is 11.4 Å². The predicted molar refractivity (Wildman–Crippen MR) is 98.4 cm³/mol. The van der Waals surface area contributed by atoms with Gasteiger partial charge in [-0.3, -0.25) is 9.69 Å². The van der Waals surface area contributed by atoms with Crippen LogP contribution >= 0.6 is 11.8 Å². The first kappa shape index (κ1) is 15.8. The summed E-state index contributed by atoms with van der Waals surface area (Å²) < 4.78 is 0. The van der Waals surface area contributed by atoms with Crippen LogP contribution in [0.2, 0.25) is 0 Å². The number of anilines is 1. The summed E-state index contributed by atoms with van der Waals surface area (Å²) in [6.45, 7) is 2.15. The quantitative estimate of drug-likeness (QED) is 0.774. The number of rotatable bonds is 5. The van der Waals surface area contributed by atoms with Crippen molar-refractivity contribution in [2.75, 3.05) is 4.90 Å². The van der Waals surface area contributed by atoms with E-state index >= 15 is 0 Å². The molecule has 2 aromatic carbocycles. The summed E-state index contributed by atoms with van der Waals surface area (Å²) in [4.78, 5) is 19.3. The molecule has 0 spiro atoms. The summed E-state index contributed by atoms with van der Waals surface area (Å²) in [6.07, 6.45) is 3.06. The van der Waals surface area contributed by atoms with Crippen molar-refractivity contribution in [1.82, 2.24) is 0 Å². The van der Waals surface area contributed by atoms with Gasteiger partial charge in [0.25, 0.3) is 0 Å². The van der Waals surface area contributed by atoms with Crippen LogP contribution in [-0.2, 0) is 4.79 Å². The molecule has 23 heavy (non-hydrogen) atoms. The summed E-state index contributed by atoms with van der Waals surface area (Å²) >= 11 is 1.58. The van der Waals surface area contributed by atoms with Crippen molar-refractivity contribution in [2.45, 2.75) is 31.4 Å². The van der Waals surface area contributed by atoms with Gasteiger partial charge in [0.2, 0.25) is 5.91 Å². The zero-order chi connectivity index (χ0) is 16.1. The Morgan fingerprint density at radius 1 is 1.04 bits per heavy atom. The molecule has 0 radical (unpaired) electrons. The summed E-state index contributed by atoms with van der Waals surface area (Å²) in [5, 5.41) is 0.742. The van der Waals surface area contributed by atoms with Crippen LogP contribution in [0, 0.1) is 0 Å². The molecule has 118 valence electrons. The van der Waals surface area contributed by atoms with Gasteiger partial charge in [-0.1, -0.05) is 67.9 Å². The predicted octanol–water partition coefficient (Wildman–Crippen LogP) is 5.01. The molecule has 1 unspecified atom stereocenters. The average Bonchev–Trinajstić information content (AvgIpc) is 2.90. The van der Waals surface area contributed by atoms with Crippen molar-refractivity contribution in [1.29, 1.82) is 0 Å². The van der Waals surface area contributed by atoms with Crippen LogP contribution < -0.4 is 4.90 Å². The van der Waals surface area contributed by atoms with E-state index in [9.17, 15) is 4.79 Å². The minimum absolute atomic E-state index is 0.0300. The van der Waals surface area contributed by atoms with E-state index < -0.39 is 0 Å². The van der Waals surface area contributed by atoms with Crippen molar-refractivity contribution < 1.29 is 4.79 Å². The zero-order valence-corrected chi connectivity index (χ0v) is 14.0. The van der Waals surface area contributed by atoms with Crippen molar-refractivity contribution in [3.05, 3.63) is 60.7 Å². The lowest BCUT2D eigenvalue weighted by atomic mass is 10.2. The second-order valence-corrected chi connectivity index (χ2v) is 6.66. The number of carbonyl (C=O) groups excluding carboxylic acids is 1. The number of aliphatic imine (C=N–C) groups is 1. The molecule has 4 heteroatoms. The second kappa shape index (κ2) is 7.47. The third-order valence-electron chi connectivity index (χ3n) is 3.75. The average molecular weight is 324 g/mol. The third kappa shape index (κ3) is 3.64. The summed E-state index contributed by atoms with van der Waals surface area (Å²) in [6, 6.07) is 19.6. The van der Waals surface area contributed by atoms with Gasteiger partial charge in [0, 0.05) is 0 Å². The Morgan fingerprint density at radius 3 is 2.35 bits per heavy atom. The van der Waals surface area contributed by atoms with Gasteiger partial charge in [-0.15, -0.1) is 0 Å². The molecule has 0 aliphatic carbocycles. The van der Waals surface area contributed by atoms with Crippen LogP contribution in [0.15, 0.2) is 65.7 Å². The van der Waals surface area contributed by atoms with Crippen LogP contribution in [0.3, 0.4) is 0 Å². The normalized spacial score (nSPS) is 19.5. The van der Waals surface area contributed by atoms with Gasteiger partial charge in [-0.25, -0.2) is 4.99 Å². The molecule has 1 amide bonds. The fourth-order valence-corrected chi connectivity index (χ4v) is 3.75. The molecule has 3 rings (SSSR count). The SMILES string of the molecule is CCCCC1SC(=Nc2ccccc2)N(c2ccccc2)C1=O. The first-order valence-corrected chi connectivity index (χ1v) is 8.87. The van der Waals surface area contributed by atoms with Gasteiger partial charge >= 0.3 is 0 Å². The van der Waals surface area contributed by atoms with Crippen molar-refractivity contribution in [3.8, 4) is 0 Å². The summed E-state index contributed by atoms with van der Waals surface area (Å²) in [5.41, 5.74) is 1.76. The molecule has 1 aliphatic rings. The maximum absolute atomic E-state index is 12.8. The Hall–Kier alpha value is -2.07. The highest BCUT2D eigenvalue weighted by Gasteiger charge is 2.38. The lowest BCUT2D eigenvalue weighted by Gasteiger charge is -2.16. The molecule has 1 heterocycles. The van der Waals surface area contributed by atoms with Gasteiger partial charge < -0.3 is 0 Å². The Labute approximate surface area is 141 Å². The maximum Gasteiger partial charge on any atom is 0.246 e. The molecule has 3 nitrogen and oxygen atoms in total. The van der Waals surface area contributed by atoms with Crippen molar-refractivity contribution >= 4 is 34.2 Å². The monoisotopic (exact) mass is 324 g/mol. The first-order chi connectivity index (χ1) is 11.3. The highest BCUT2D eigenvalue weighted by atomic mass is 32.2. The van der Waals surface area contributed by atoms with Crippen LogP contribution in [0.1, 0.15) is 26.2 Å². The zero-order valence-electron chi connectivity index (χ0n) is 13.2. The number of hydrogen-bond donors (Lipinski definition) is 0. The molecule has 2 aromatic rings. The van der Waals surface area contributed by atoms with Crippen LogP contribution in [0.25, 0.3) is 0 Å². The Balaban J connectivity index is 1.94. The third-order valence-corrected chi connectivity index (χ3v) is 4.96. The molecule has 1 fully saturated rings. The van der Waals surface area contributed by atoms with Crippen molar-refractivity contribution in [2.24, 2.45) is 4.99 Å². The lowest BCUT2D eigenvalue weighted by molar-refractivity contribution is -0.117. The number of para-hydroxylation sites is 2. The molecular weight excluding hydrogens is 304 g/mol. The van der Waals surface area contributed by atoms with Crippen LogP contribution in [-0.4, -0.2) is 16.3 Å². The van der Waals surface area contributed by atoms with Gasteiger partial charge in [0.05, 0.1) is 16.6 Å². The molecule has 1 saturated heterocycles. The van der Waals surface area contributed by atoms with E-state index in [0.717, 1.165) is 35.8 Å². The van der Waals surface area contributed by atoms with Crippen molar-refractivity contribution in [3.63, 3.8) is 0 Å². The van der Waals surface area contributed by atoms with E-state index in [0.29, 0.717) is 0 Å². The fraction of sp³-hybridized carbons (Fsp3) is 0.263. The number of thioether (sulfide) groups is 1. The van der Waals surface area contributed by atoms with E-state index in [1.807, 2.05) is 60.7 Å². The lowest BCUT2D eigenvalue weighted by Crippen LogP contribution is -2.31. The summed E-state index contributed by atoms with van der Waals surface area (Å²) in [5.74, 6) is 0.143. The van der Waals surface area contributed by atoms with E-state index in [2.05, 4.69) is 6.92 Å². The highest BCUT2D eigenvalue weighted by molar-refractivity contribution is 8.16. The van der Waals surface area contributed by atoms with Gasteiger partial charge in [0.1, 0.15) is 0 Å². The molecule has 0 saturated carbocycles.